The van der Waals surface area contributed by atoms with Crippen LogP contribution < -0.4 is 33.4 Å². The van der Waals surface area contributed by atoms with Gasteiger partial charge in [0.15, 0.2) is 5.78 Å². The number of benzene rings is 3. The van der Waals surface area contributed by atoms with Gasteiger partial charge in [-0.3, -0.25) is 4.79 Å². The highest BCUT2D eigenvalue weighted by Crippen LogP contribution is 2.45. The topological polar surface area (TPSA) is 37.1 Å². The number of alkyl halides is 1. The maximum atomic E-state index is 13.1. The summed E-state index contributed by atoms with van der Waals surface area (Å²) in [4.78, 5) is 18.2. The summed E-state index contributed by atoms with van der Waals surface area (Å²) in [7, 11) is 0. The van der Waals surface area contributed by atoms with E-state index in [4.69, 9.17) is 0 Å². The minimum atomic E-state index is -0.248. The van der Waals surface area contributed by atoms with Gasteiger partial charge < -0.3 is 28.9 Å². The van der Waals surface area contributed by atoms with Crippen LogP contribution in [0.3, 0.4) is 0 Å². The van der Waals surface area contributed by atoms with Crippen molar-refractivity contribution in [3.63, 3.8) is 0 Å². The first kappa shape index (κ1) is 38.4. The van der Waals surface area contributed by atoms with E-state index in [0.29, 0.717) is 0 Å². The molecule has 44 heavy (non-hydrogen) atoms. The van der Waals surface area contributed by atoms with Crippen LogP contribution >= 0.6 is 57.0 Å². The van der Waals surface area contributed by atoms with E-state index in [-0.39, 0.29) is 47.2 Å². The van der Waals surface area contributed by atoms with E-state index >= 15 is 0 Å². The smallest absolute Gasteiger partial charge is 0.235 e. The van der Waals surface area contributed by atoms with Crippen molar-refractivity contribution in [1.82, 2.24) is 4.98 Å². The predicted molar refractivity (Wildman–Crippen MR) is 185 cm³/mol. The van der Waals surface area contributed by atoms with Gasteiger partial charge in [-0.25, -0.2) is 18.2 Å². The van der Waals surface area contributed by atoms with Gasteiger partial charge in [0.25, 0.3) is 0 Å². The van der Waals surface area contributed by atoms with Gasteiger partial charge in [0.05, 0.1) is 25.9 Å². The lowest BCUT2D eigenvalue weighted by Crippen LogP contribution is -3.00. The average Bonchev–Trinajstić information content (AvgIpc) is 3.59. The van der Waals surface area contributed by atoms with Crippen LogP contribution in [0.15, 0.2) is 70.6 Å². The molecule has 5 aromatic rings. The predicted octanol–water partition coefficient (Wildman–Crippen LogP) is 7.03. The number of thiazole rings is 2. The molecule has 0 saturated carbocycles. The fourth-order valence-corrected chi connectivity index (χ4v) is 7.33. The Morgan fingerprint density at radius 2 is 1.52 bits per heavy atom. The molecule has 0 fully saturated rings. The van der Waals surface area contributed by atoms with Crippen molar-refractivity contribution in [1.29, 1.82) is 0 Å². The Balaban J connectivity index is 0.000000221. The maximum Gasteiger partial charge on any atom is 0.235 e. The Morgan fingerprint density at radius 3 is 2.14 bits per heavy atom. The summed E-state index contributed by atoms with van der Waals surface area (Å²) in [5, 5.41) is 3.07. The number of fused-ring (bicyclic) bond motifs is 3. The highest BCUT2D eigenvalue weighted by atomic mass is 127. The van der Waals surface area contributed by atoms with Crippen LogP contribution in [-0.4, -0.2) is 21.7 Å². The summed E-state index contributed by atoms with van der Waals surface area (Å²) in [6.07, 6.45) is 1.59. The third-order valence-electron chi connectivity index (χ3n) is 5.96. The summed E-state index contributed by atoms with van der Waals surface area (Å²) in [5.74, 6) is -0.619. The monoisotopic (exact) mass is 883 g/mol. The van der Waals surface area contributed by atoms with Crippen molar-refractivity contribution < 1.29 is 46.5 Å². The van der Waals surface area contributed by atoms with Gasteiger partial charge in [-0.2, -0.15) is 4.57 Å². The number of thioether (sulfide) groups is 1. The molecular weight excluding hydrogens is 849 g/mol. The number of hydrogen-bond donors (Lipinski definition) is 0. The van der Waals surface area contributed by atoms with E-state index in [0.717, 1.165) is 54.1 Å². The van der Waals surface area contributed by atoms with Crippen molar-refractivity contribution >= 4 is 88.9 Å². The Labute approximate surface area is 299 Å². The average molecular weight is 884 g/mol. The zero-order chi connectivity index (χ0) is 31.7. The summed E-state index contributed by atoms with van der Waals surface area (Å²) >= 11 is 7.09. The SMILES string of the molecule is CCI.CCN1/C(=C/C(C)=O)Sc2ccc(F)cc21.CC[n+]1c(C)sc2ccc(F)cc21.Cc1nc2cc(F)ccc2s1.[I-]. The minimum absolute atomic E-state index is 0. The number of aryl methyl sites for hydroxylation is 3. The van der Waals surface area contributed by atoms with Crippen molar-refractivity contribution in [2.45, 2.75) is 53.0 Å². The number of anilines is 1. The molecule has 0 spiro atoms. The van der Waals surface area contributed by atoms with E-state index in [9.17, 15) is 18.0 Å². The number of allylic oxidation sites excluding steroid dienone is 1. The van der Waals surface area contributed by atoms with Crippen molar-refractivity contribution in [3.8, 4) is 0 Å². The van der Waals surface area contributed by atoms with Crippen LogP contribution in [0.5, 0.6) is 0 Å². The molecule has 1 aliphatic rings. The lowest BCUT2D eigenvalue weighted by atomic mass is 10.3. The molecule has 0 saturated heterocycles. The first-order valence-corrected chi connectivity index (χ1v) is 17.6. The summed E-state index contributed by atoms with van der Waals surface area (Å²) in [6, 6.07) is 14.3. The van der Waals surface area contributed by atoms with E-state index in [2.05, 4.69) is 52.9 Å². The second kappa shape index (κ2) is 18.4. The van der Waals surface area contributed by atoms with Gasteiger partial charge in [0, 0.05) is 36.6 Å². The molecule has 236 valence electrons. The lowest BCUT2D eigenvalue weighted by molar-refractivity contribution is -0.669. The number of carbonyl (C=O) groups excluding carboxylic acids is 1. The van der Waals surface area contributed by atoms with Crippen LogP contribution in [0.25, 0.3) is 20.4 Å². The molecule has 3 aromatic carbocycles. The Bertz CT molecular complexity index is 1740. The third kappa shape index (κ3) is 10.4. The molecule has 0 atom stereocenters. The Morgan fingerprint density at radius 1 is 0.932 bits per heavy atom. The molecule has 0 aliphatic carbocycles. The normalized spacial score (nSPS) is 12.4. The van der Waals surface area contributed by atoms with Crippen LogP contribution in [0.4, 0.5) is 18.9 Å². The maximum absolute atomic E-state index is 13.1. The molecular formula is C32H34F3I2N3OS3. The summed E-state index contributed by atoms with van der Waals surface area (Å²) in [5.41, 5.74) is 2.61. The standard InChI is InChI=1S/C12H12FNOS.C10H11FNS.C8H6FNS.C2H5I.HI/c1-3-14-10-7-9(13)4-5-11(10)16-12(14)6-8(2)15;1-3-12-7(2)13-10-5-4-8(11)6-9(10)12;1-5-10-7-4-6(9)2-3-8(7)11-5;1-2-3;/h4-7H,3H2,1-2H3;4-6H,3H2,1-2H3;2-4H,1H3;2H2,1H3;1H/q;+1;;;/p-1/b12-6-;;;;. The van der Waals surface area contributed by atoms with Gasteiger partial charge in [0.2, 0.25) is 10.5 Å². The number of aromatic nitrogens is 2. The molecule has 0 bridgehead atoms. The molecule has 12 heteroatoms. The molecule has 2 aromatic heterocycles. The van der Waals surface area contributed by atoms with E-state index in [1.807, 2.05) is 24.8 Å². The van der Waals surface area contributed by atoms with E-state index in [1.165, 1.54) is 58.5 Å². The van der Waals surface area contributed by atoms with Crippen molar-refractivity contribution in [3.05, 3.63) is 93.2 Å². The highest BCUT2D eigenvalue weighted by molar-refractivity contribution is 14.1. The van der Waals surface area contributed by atoms with Gasteiger partial charge in [0.1, 0.15) is 28.7 Å². The molecule has 0 radical (unpaired) electrons. The third-order valence-corrected chi connectivity index (χ3v) is 9.10. The van der Waals surface area contributed by atoms with Crippen LogP contribution in [-0.2, 0) is 11.3 Å². The minimum Gasteiger partial charge on any atom is -1.00 e. The first-order chi connectivity index (χ1) is 20.5. The largest absolute Gasteiger partial charge is 1.00 e. The number of halogens is 5. The van der Waals surface area contributed by atoms with E-state index < -0.39 is 0 Å². The van der Waals surface area contributed by atoms with Crippen molar-refractivity contribution in [2.24, 2.45) is 0 Å². The molecule has 0 amide bonds. The molecule has 1 aliphatic heterocycles. The second-order valence-electron chi connectivity index (χ2n) is 9.14. The molecule has 0 unspecified atom stereocenters. The van der Waals surface area contributed by atoms with E-state index in [1.54, 1.807) is 46.9 Å². The van der Waals surface area contributed by atoms with Gasteiger partial charge in [-0.05, 0) is 74.6 Å². The lowest BCUT2D eigenvalue weighted by Gasteiger charge is -2.17. The number of nitrogens with zero attached hydrogens (tertiary/aromatic N) is 3. The van der Waals surface area contributed by atoms with Gasteiger partial charge in [-0.1, -0.05) is 52.6 Å². The quantitative estimate of drug-likeness (QED) is 0.0845. The highest BCUT2D eigenvalue weighted by Gasteiger charge is 2.24. The number of carbonyl (C=O) groups is 1. The Kier molecular flexibility index (Phi) is 16.1. The van der Waals surface area contributed by atoms with Crippen LogP contribution in [0.1, 0.15) is 37.7 Å². The molecule has 6 rings (SSSR count). The fraction of sp³-hybridized carbons (Fsp3) is 0.281. The number of rotatable bonds is 3. The second-order valence-corrected chi connectivity index (χ2v) is 14.2. The number of hydrogen-bond acceptors (Lipinski definition) is 6. The fourth-order valence-electron chi connectivity index (χ4n) is 4.26. The zero-order valence-electron chi connectivity index (χ0n) is 25.3. The zero-order valence-corrected chi connectivity index (χ0v) is 32.0. The summed E-state index contributed by atoms with van der Waals surface area (Å²) < 4.78 is 44.2. The van der Waals surface area contributed by atoms with Gasteiger partial charge in [-0.15, -0.1) is 11.3 Å². The van der Waals surface area contributed by atoms with Crippen LogP contribution in [0.2, 0.25) is 0 Å². The van der Waals surface area contributed by atoms with Crippen molar-refractivity contribution in [2.75, 3.05) is 15.9 Å². The van der Waals surface area contributed by atoms with Crippen LogP contribution in [0, 0.1) is 31.3 Å². The Hall–Kier alpha value is -1.75. The first-order valence-electron chi connectivity index (χ1n) is 13.6. The molecule has 0 N–H and O–H groups in total. The molecule has 4 nitrogen and oxygen atoms in total. The van der Waals surface area contributed by atoms with Gasteiger partial charge >= 0.3 is 0 Å². The molecule has 3 heterocycles. The number of ketones is 1. The summed E-state index contributed by atoms with van der Waals surface area (Å²) in [6.45, 7) is 13.3.